The van der Waals surface area contributed by atoms with Gasteiger partial charge in [-0.15, -0.1) is 12.4 Å². The number of sulfonamides is 1. The van der Waals surface area contributed by atoms with E-state index >= 15 is 0 Å². The lowest BCUT2D eigenvalue weighted by atomic mass is 10.3. The first-order valence-electron chi connectivity index (χ1n) is 5.22. The summed E-state index contributed by atoms with van der Waals surface area (Å²) in [5.41, 5.74) is 0. The van der Waals surface area contributed by atoms with E-state index in [1.54, 1.807) is 11.6 Å². The molecule has 0 radical (unpaired) electrons. The van der Waals surface area contributed by atoms with Gasteiger partial charge in [-0.25, -0.2) is 13.4 Å². The van der Waals surface area contributed by atoms with Crippen LogP contribution in [0.2, 0.25) is 0 Å². The van der Waals surface area contributed by atoms with Gasteiger partial charge in [0.2, 0.25) is 0 Å². The van der Waals surface area contributed by atoms with Gasteiger partial charge in [-0.3, -0.25) is 0 Å². The van der Waals surface area contributed by atoms with Crippen molar-refractivity contribution in [3.63, 3.8) is 0 Å². The fraction of sp³-hybridized carbons (Fsp3) is 0.667. The van der Waals surface area contributed by atoms with Crippen molar-refractivity contribution in [2.45, 2.75) is 18.0 Å². The number of hydrogen-bond acceptors (Lipinski definition) is 4. The predicted octanol–water partition coefficient (Wildman–Crippen LogP) is -0.176. The highest BCUT2D eigenvalue weighted by molar-refractivity contribution is 7.89. The van der Waals surface area contributed by atoms with Crippen molar-refractivity contribution in [1.82, 2.24) is 19.2 Å². The Morgan fingerprint density at radius 1 is 1.53 bits per heavy atom. The molecule has 1 saturated heterocycles. The molecule has 6 nitrogen and oxygen atoms in total. The Balaban J connectivity index is 0.00000144. The monoisotopic (exact) mass is 280 g/mol. The lowest BCUT2D eigenvalue weighted by molar-refractivity contribution is 0.283. The summed E-state index contributed by atoms with van der Waals surface area (Å²) in [6.07, 6.45) is 3.03. The lowest BCUT2D eigenvalue weighted by Gasteiger charge is -2.32. The molecule has 8 heteroatoms. The quantitative estimate of drug-likeness (QED) is 0.816. The summed E-state index contributed by atoms with van der Waals surface area (Å²) in [4.78, 5) is 3.91. The zero-order chi connectivity index (χ0) is 11.8. The van der Waals surface area contributed by atoms with Gasteiger partial charge in [0.05, 0.1) is 6.33 Å². The van der Waals surface area contributed by atoms with E-state index < -0.39 is 10.0 Å². The normalized spacial score (nSPS) is 22.1. The molecule has 1 aromatic rings. The van der Waals surface area contributed by atoms with Crippen molar-refractivity contribution < 1.29 is 8.42 Å². The van der Waals surface area contributed by atoms with Gasteiger partial charge in [0, 0.05) is 38.9 Å². The topological polar surface area (TPSA) is 67.2 Å². The Bertz CT molecular complexity index is 473. The van der Waals surface area contributed by atoms with Gasteiger partial charge in [0.25, 0.3) is 10.0 Å². The zero-order valence-electron chi connectivity index (χ0n) is 9.83. The SMILES string of the molecule is C[C@@H]1CNCCN1S(=O)(=O)c1cn(C)cn1.Cl. The molecular formula is C9H17ClN4O2S. The molecule has 98 valence electrons. The smallest absolute Gasteiger partial charge is 0.262 e. The average Bonchev–Trinajstić information content (AvgIpc) is 2.66. The Morgan fingerprint density at radius 2 is 2.24 bits per heavy atom. The summed E-state index contributed by atoms with van der Waals surface area (Å²) in [7, 11) is -1.67. The maximum Gasteiger partial charge on any atom is 0.262 e. The molecule has 0 saturated carbocycles. The molecular weight excluding hydrogens is 264 g/mol. The summed E-state index contributed by atoms with van der Waals surface area (Å²) < 4.78 is 27.6. The van der Waals surface area contributed by atoms with Gasteiger partial charge in [-0.1, -0.05) is 0 Å². The van der Waals surface area contributed by atoms with E-state index in [2.05, 4.69) is 10.3 Å². The van der Waals surface area contributed by atoms with Crippen LogP contribution in [0.25, 0.3) is 0 Å². The standard InChI is InChI=1S/C9H16N4O2S.ClH/c1-8-5-10-3-4-13(8)16(14,15)9-6-12(2)7-11-9;/h6-8,10H,3-5H2,1-2H3;1H/t8-;/m1./s1. The average molecular weight is 281 g/mol. The number of aromatic nitrogens is 2. The molecule has 0 aromatic carbocycles. The summed E-state index contributed by atoms with van der Waals surface area (Å²) in [6.45, 7) is 3.77. The molecule has 1 aliphatic heterocycles. The van der Waals surface area contributed by atoms with Crippen LogP contribution in [0.1, 0.15) is 6.92 Å². The van der Waals surface area contributed by atoms with Crippen molar-refractivity contribution in [3.8, 4) is 0 Å². The van der Waals surface area contributed by atoms with Crippen LogP contribution in [0, 0.1) is 0 Å². The van der Waals surface area contributed by atoms with Crippen molar-refractivity contribution in [3.05, 3.63) is 12.5 Å². The molecule has 1 atom stereocenters. The number of halogens is 1. The summed E-state index contributed by atoms with van der Waals surface area (Å²) in [5, 5.41) is 3.29. The van der Waals surface area contributed by atoms with Crippen LogP contribution in [0.4, 0.5) is 0 Å². The van der Waals surface area contributed by atoms with Crippen LogP contribution in [0.3, 0.4) is 0 Å². The fourth-order valence-electron chi connectivity index (χ4n) is 1.82. The van der Waals surface area contributed by atoms with Gasteiger partial charge in [0.1, 0.15) is 0 Å². The van der Waals surface area contributed by atoms with Crippen molar-refractivity contribution in [2.24, 2.45) is 7.05 Å². The number of nitrogens with zero attached hydrogens (tertiary/aromatic N) is 3. The highest BCUT2D eigenvalue weighted by Gasteiger charge is 2.32. The van der Waals surface area contributed by atoms with E-state index in [1.165, 1.54) is 16.8 Å². The highest BCUT2D eigenvalue weighted by Crippen LogP contribution is 2.16. The van der Waals surface area contributed by atoms with Gasteiger partial charge >= 0.3 is 0 Å². The largest absolute Gasteiger partial charge is 0.339 e. The van der Waals surface area contributed by atoms with Crippen molar-refractivity contribution >= 4 is 22.4 Å². The van der Waals surface area contributed by atoms with E-state index in [4.69, 9.17) is 0 Å². The molecule has 2 heterocycles. The molecule has 1 aromatic heterocycles. The minimum absolute atomic E-state index is 0. The number of piperazine rings is 1. The van der Waals surface area contributed by atoms with E-state index in [0.717, 1.165) is 0 Å². The Hall–Kier alpha value is -0.630. The fourth-order valence-corrected chi connectivity index (χ4v) is 3.42. The number of aryl methyl sites for hydroxylation is 1. The van der Waals surface area contributed by atoms with E-state index in [9.17, 15) is 8.42 Å². The molecule has 1 aliphatic rings. The van der Waals surface area contributed by atoms with Gasteiger partial charge < -0.3 is 9.88 Å². The van der Waals surface area contributed by atoms with Crippen molar-refractivity contribution in [2.75, 3.05) is 19.6 Å². The van der Waals surface area contributed by atoms with Gasteiger partial charge in [-0.2, -0.15) is 4.31 Å². The van der Waals surface area contributed by atoms with Crippen LogP contribution in [-0.2, 0) is 17.1 Å². The number of imidazole rings is 1. The molecule has 2 rings (SSSR count). The lowest BCUT2D eigenvalue weighted by Crippen LogP contribution is -2.52. The second kappa shape index (κ2) is 5.34. The Morgan fingerprint density at radius 3 is 2.76 bits per heavy atom. The number of rotatable bonds is 2. The van der Waals surface area contributed by atoms with Crippen molar-refractivity contribution in [1.29, 1.82) is 0 Å². The van der Waals surface area contributed by atoms with E-state index in [-0.39, 0.29) is 23.5 Å². The molecule has 17 heavy (non-hydrogen) atoms. The first-order valence-corrected chi connectivity index (χ1v) is 6.66. The van der Waals surface area contributed by atoms with Crippen LogP contribution in [-0.4, -0.2) is 48.0 Å². The zero-order valence-corrected chi connectivity index (χ0v) is 11.5. The molecule has 0 amide bonds. The summed E-state index contributed by atoms with van der Waals surface area (Å²) in [5.74, 6) is 0. The van der Waals surface area contributed by atoms with E-state index in [1.807, 2.05) is 6.92 Å². The molecule has 1 fully saturated rings. The first kappa shape index (κ1) is 14.4. The van der Waals surface area contributed by atoms with Crippen LogP contribution < -0.4 is 5.32 Å². The summed E-state index contributed by atoms with van der Waals surface area (Å²) >= 11 is 0. The second-order valence-electron chi connectivity index (χ2n) is 4.05. The molecule has 0 aliphatic carbocycles. The maximum atomic E-state index is 12.2. The number of hydrogen-bond donors (Lipinski definition) is 1. The van der Waals surface area contributed by atoms with Crippen LogP contribution in [0.15, 0.2) is 17.6 Å². The third-order valence-electron chi connectivity index (χ3n) is 2.69. The second-order valence-corrected chi connectivity index (χ2v) is 5.88. The summed E-state index contributed by atoms with van der Waals surface area (Å²) in [6, 6.07) is -0.0271. The number of nitrogens with one attached hydrogen (secondary N) is 1. The van der Waals surface area contributed by atoms with Gasteiger partial charge in [0.15, 0.2) is 5.03 Å². The van der Waals surface area contributed by atoms with Gasteiger partial charge in [-0.05, 0) is 6.92 Å². The van der Waals surface area contributed by atoms with E-state index in [0.29, 0.717) is 19.6 Å². The Labute approximate surface area is 107 Å². The Kier molecular flexibility index (Phi) is 4.54. The van der Waals surface area contributed by atoms with Crippen LogP contribution >= 0.6 is 12.4 Å². The minimum atomic E-state index is -3.43. The first-order chi connectivity index (χ1) is 7.51. The molecule has 1 N–H and O–H groups in total. The molecule has 0 spiro atoms. The third kappa shape index (κ3) is 2.79. The minimum Gasteiger partial charge on any atom is -0.339 e. The third-order valence-corrected chi connectivity index (χ3v) is 4.59. The highest BCUT2D eigenvalue weighted by atomic mass is 35.5. The van der Waals surface area contributed by atoms with Crippen LogP contribution in [0.5, 0.6) is 0 Å². The molecule has 0 unspecified atom stereocenters. The molecule has 0 bridgehead atoms. The predicted molar refractivity (Wildman–Crippen MR) is 66.7 cm³/mol. The maximum absolute atomic E-state index is 12.2.